The molecular weight excluding hydrogens is 407 g/mol. The van der Waals surface area contributed by atoms with Crippen LogP contribution >= 0.6 is 35.0 Å². The number of carbonyl (C=O) groups is 2. The lowest BCUT2D eigenvalue weighted by Gasteiger charge is -2.25. The van der Waals surface area contributed by atoms with E-state index in [0.717, 1.165) is 11.3 Å². The Morgan fingerprint density at radius 3 is 2.67 bits per heavy atom. The molecule has 27 heavy (non-hydrogen) atoms. The molecule has 3 rings (SSSR count). The van der Waals surface area contributed by atoms with E-state index < -0.39 is 0 Å². The molecule has 2 amide bonds. The van der Waals surface area contributed by atoms with Crippen LogP contribution in [-0.4, -0.2) is 35.8 Å². The van der Waals surface area contributed by atoms with Crippen LogP contribution in [0.2, 0.25) is 10.0 Å². The second kappa shape index (κ2) is 8.87. The molecule has 1 fully saturated rings. The number of nitrogens with one attached hydrogen (secondary N) is 1. The minimum atomic E-state index is -0.387. The van der Waals surface area contributed by atoms with Crippen molar-refractivity contribution >= 4 is 52.7 Å². The summed E-state index contributed by atoms with van der Waals surface area (Å²) < 4.78 is 4.95. The highest BCUT2D eigenvalue weighted by Crippen LogP contribution is 2.42. The fourth-order valence-corrected chi connectivity index (χ4v) is 4.50. The molecule has 142 valence electrons. The summed E-state index contributed by atoms with van der Waals surface area (Å²) >= 11 is 14.1. The first-order valence-electron chi connectivity index (χ1n) is 8.41. The molecule has 2 aromatic rings. The Morgan fingerprint density at radius 1 is 1.22 bits per heavy atom. The highest BCUT2D eigenvalue weighted by molar-refractivity contribution is 7.99. The molecule has 0 aliphatic carbocycles. The summed E-state index contributed by atoms with van der Waals surface area (Å²) in [7, 11) is 0. The molecule has 2 aromatic carbocycles. The standard InChI is InChI=1S/C19H18Cl2N2O3S/c1-2-26-18(24)12-6-8-13(9-7-12)22-19(25)23-10-11-27-17(23)14-4-3-5-15(20)16(14)21/h3-9,17H,2,10-11H2,1H3,(H,22,25). The molecule has 8 heteroatoms. The summed E-state index contributed by atoms with van der Waals surface area (Å²) in [6.07, 6.45) is 0. The molecule has 5 nitrogen and oxygen atoms in total. The van der Waals surface area contributed by atoms with Crippen LogP contribution in [0, 0.1) is 0 Å². The maximum Gasteiger partial charge on any atom is 0.338 e. The van der Waals surface area contributed by atoms with E-state index >= 15 is 0 Å². The number of ether oxygens (including phenoxy) is 1. The van der Waals surface area contributed by atoms with Gasteiger partial charge in [-0.15, -0.1) is 11.8 Å². The number of thioether (sulfide) groups is 1. The number of rotatable bonds is 4. The van der Waals surface area contributed by atoms with Crippen LogP contribution in [0.25, 0.3) is 0 Å². The van der Waals surface area contributed by atoms with Crippen LogP contribution in [0.1, 0.15) is 28.2 Å². The lowest BCUT2D eigenvalue weighted by molar-refractivity contribution is 0.0526. The summed E-state index contributed by atoms with van der Waals surface area (Å²) in [4.78, 5) is 26.2. The highest BCUT2D eigenvalue weighted by atomic mass is 35.5. The van der Waals surface area contributed by atoms with Gasteiger partial charge in [0.05, 0.1) is 22.2 Å². The SMILES string of the molecule is CCOC(=O)c1ccc(NC(=O)N2CCSC2c2cccc(Cl)c2Cl)cc1. The zero-order valence-electron chi connectivity index (χ0n) is 14.6. The summed E-state index contributed by atoms with van der Waals surface area (Å²) in [5.74, 6) is 0.421. The van der Waals surface area contributed by atoms with Crippen molar-refractivity contribution in [3.63, 3.8) is 0 Å². The van der Waals surface area contributed by atoms with Crippen LogP contribution < -0.4 is 5.32 Å². The van der Waals surface area contributed by atoms with E-state index in [2.05, 4.69) is 5.32 Å². The van der Waals surface area contributed by atoms with Crippen molar-refractivity contribution in [2.45, 2.75) is 12.3 Å². The van der Waals surface area contributed by atoms with Gasteiger partial charge in [0.25, 0.3) is 0 Å². The maximum absolute atomic E-state index is 12.7. The van der Waals surface area contributed by atoms with Crippen LogP contribution in [-0.2, 0) is 4.74 Å². The Bertz CT molecular complexity index is 845. The average Bonchev–Trinajstić information content (AvgIpc) is 3.14. The third kappa shape index (κ3) is 4.51. The number of urea groups is 1. The Kier molecular flexibility index (Phi) is 6.52. The first kappa shape index (κ1) is 19.9. The van der Waals surface area contributed by atoms with E-state index in [0.29, 0.717) is 34.4 Å². The normalized spacial score (nSPS) is 16.3. The van der Waals surface area contributed by atoms with Gasteiger partial charge in [0, 0.05) is 23.5 Å². The predicted octanol–water partition coefficient (Wildman–Crippen LogP) is 5.45. The molecular formula is C19H18Cl2N2O3S. The number of nitrogens with zero attached hydrogens (tertiary/aromatic N) is 1. The molecule has 1 aliphatic rings. The van der Waals surface area contributed by atoms with E-state index in [1.165, 1.54) is 0 Å². The van der Waals surface area contributed by atoms with E-state index in [4.69, 9.17) is 27.9 Å². The van der Waals surface area contributed by atoms with Crippen molar-refractivity contribution < 1.29 is 14.3 Å². The topological polar surface area (TPSA) is 58.6 Å². The first-order chi connectivity index (χ1) is 13.0. The van der Waals surface area contributed by atoms with Crippen LogP contribution in [0.3, 0.4) is 0 Å². The lowest BCUT2D eigenvalue weighted by Crippen LogP contribution is -2.34. The summed E-state index contributed by atoms with van der Waals surface area (Å²) in [5, 5.41) is 3.60. The molecule has 0 bridgehead atoms. The van der Waals surface area contributed by atoms with Crippen molar-refractivity contribution in [3.05, 3.63) is 63.6 Å². The molecule has 0 spiro atoms. The van der Waals surface area contributed by atoms with Gasteiger partial charge in [0.1, 0.15) is 5.37 Å². The third-order valence-electron chi connectivity index (χ3n) is 4.05. The van der Waals surface area contributed by atoms with Crippen molar-refractivity contribution in [3.8, 4) is 0 Å². The number of anilines is 1. The molecule has 0 radical (unpaired) electrons. The summed E-state index contributed by atoms with van der Waals surface area (Å²) in [6, 6.07) is 11.8. The van der Waals surface area contributed by atoms with Gasteiger partial charge in [-0.25, -0.2) is 9.59 Å². The van der Waals surface area contributed by atoms with Crippen LogP contribution in [0.15, 0.2) is 42.5 Å². The Hall–Kier alpha value is -1.89. The lowest BCUT2D eigenvalue weighted by atomic mass is 10.2. The third-order valence-corrected chi connectivity index (χ3v) is 6.12. The molecule has 1 saturated heterocycles. The maximum atomic E-state index is 12.7. The highest BCUT2D eigenvalue weighted by Gasteiger charge is 2.32. The average molecular weight is 425 g/mol. The Morgan fingerprint density at radius 2 is 1.96 bits per heavy atom. The smallest absolute Gasteiger partial charge is 0.338 e. The number of halogens is 2. The monoisotopic (exact) mass is 424 g/mol. The van der Waals surface area contributed by atoms with E-state index in [-0.39, 0.29) is 17.4 Å². The molecule has 1 atom stereocenters. The minimum absolute atomic E-state index is 0.199. The number of hydrogen-bond donors (Lipinski definition) is 1. The number of amides is 2. The van der Waals surface area contributed by atoms with E-state index in [9.17, 15) is 9.59 Å². The minimum Gasteiger partial charge on any atom is -0.462 e. The van der Waals surface area contributed by atoms with Gasteiger partial charge in [-0.3, -0.25) is 0 Å². The van der Waals surface area contributed by atoms with Gasteiger partial charge >= 0.3 is 12.0 Å². The quantitative estimate of drug-likeness (QED) is 0.662. The molecule has 0 aromatic heterocycles. The van der Waals surface area contributed by atoms with Gasteiger partial charge in [0.15, 0.2) is 0 Å². The second-order valence-electron chi connectivity index (χ2n) is 5.79. The van der Waals surface area contributed by atoms with Gasteiger partial charge < -0.3 is 15.0 Å². The van der Waals surface area contributed by atoms with Gasteiger partial charge in [-0.05, 0) is 37.3 Å². The predicted molar refractivity (Wildman–Crippen MR) is 110 cm³/mol. The molecule has 1 N–H and O–H groups in total. The Labute approximate surface area is 172 Å². The molecule has 1 heterocycles. The number of esters is 1. The fraction of sp³-hybridized carbons (Fsp3) is 0.263. The van der Waals surface area contributed by atoms with E-state index in [1.54, 1.807) is 53.9 Å². The van der Waals surface area contributed by atoms with Gasteiger partial charge in [-0.2, -0.15) is 0 Å². The number of carbonyl (C=O) groups excluding carboxylic acids is 2. The summed E-state index contributed by atoms with van der Waals surface area (Å²) in [5.41, 5.74) is 1.86. The fourth-order valence-electron chi connectivity index (χ4n) is 2.75. The zero-order valence-corrected chi connectivity index (χ0v) is 16.9. The molecule has 1 unspecified atom stereocenters. The van der Waals surface area contributed by atoms with Crippen molar-refractivity contribution in [1.29, 1.82) is 0 Å². The first-order valence-corrected chi connectivity index (χ1v) is 10.2. The largest absolute Gasteiger partial charge is 0.462 e. The summed E-state index contributed by atoms with van der Waals surface area (Å²) in [6.45, 7) is 2.67. The number of benzene rings is 2. The van der Waals surface area contributed by atoms with E-state index in [1.807, 2.05) is 12.1 Å². The Balaban J connectivity index is 1.71. The number of hydrogen-bond acceptors (Lipinski definition) is 4. The molecule has 1 aliphatic heterocycles. The van der Waals surface area contributed by atoms with Crippen molar-refractivity contribution in [2.75, 3.05) is 24.2 Å². The van der Waals surface area contributed by atoms with Crippen LogP contribution in [0.4, 0.5) is 10.5 Å². The van der Waals surface area contributed by atoms with Crippen molar-refractivity contribution in [2.24, 2.45) is 0 Å². The van der Waals surface area contributed by atoms with Gasteiger partial charge in [-0.1, -0.05) is 35.3 Å². The zero-order chi connectivity index (χ0) is 19.4. The second-order valence-corrected chi connectivity index (χ2v) is 7.76. The molecule has 0 saturated carbocycles. The van der Waals surface area contributed by atoms with Crippen LogP contribution in [0.5, 0.6) is 0 Å². The van der Waals surface area contributed by atoms with Crippen molar-refractivity contribution in [1.82, 2.24) is 4.90 Å². The van der Waals surface area contributed by atoms with Gasteiger partial charge in [0.2, 0.25) is 0 Å².